The Hall–Kier alpha value is -1.47. The largest absolute Gasteiger partial charge is 0.496 e. The molecule has 2 aromatic rings. The molecule has 0 bridgehead atoms. The number of hydrogen-bond acceptors (Lipinski definition) is 4. The molecule has 1 aromatic carbocycles. The van der Waals surface area contributed by atoms with Crippen molar-refractivity contribution in [3.8, 4) is 5.75 Å². The summed E-state index contributed by atoms with van der Waals surface area (Å²) >= 11 is 8.25. The van der Waals surface area contributed by atoms with E-state index < -0.39 is 0 Å². The molecule has 0 radical (unpaired) electrons. The van der Waals surface area contributed by atoms with Gasteiger partial charge in [-0.15, -0.1) is 5.10 Å². The Labute approximate surface area is 118 Å². The predicted molar refractivity (Wildman–Crippen MR) is 75.7 cm³/mol. The summed E-state index contributed by atoms with van der Waals surface area (Å²) < 4.78 is 7.75. The predicted octanol–water partition coefficient (Wildman–Crippen LogP) is 1.73. The number of rotatable bonds is 4. The third-order valence-electron chi connectivity index (χ3n) is 2.32. The smallest absolute Gasteiger partial charge is 0.208 e. The summed E-state index contributed by atoms with van der Waals surface area (Å²) in [5, 5.41) is 4.17. The average molecular weight is 327 g/mol. The molecule has 7 heteroatoms. The molecule has 0 atom stereocenters. The van der Waals surface area contributed by atoms with Gasteiger partial charge in [-0.3, -0.25) is 0 Å². The van der Waals surface area contributed by atoms with Gasteiger partial charge in [0.25, 0.3) is 0 Å². The van der Waals surface area contributed by atoms with Crippen LogP contribution in [-0.2, 0) is 6.54 Å². The Morgan fingerprint density at radius 1 is 1.56 bits per heavy atom. The van der Waals surface area contributed by atoms with Gasteiger partial charge in [-0.1, -0.05) is 18.3 Å². The highest BCUT2D eigenvalue weighted by Crippen LogP contribution is 2.25. The van der Waals surface area contributed by atoms with Gasteiger partial charge in [-0.05, 0) is 33.6 Å². The first-order valence-electron chi connectivity index (χ1n) is 5.12. The molecule has 1 heterocycles. The maximum Gasteiger partial charge on any atom is 0.208 e. The molecule has 0 spiro atoms. The highest BCUT2D eigenvalue weighted by Gasteiger charge is 2.05. The van der Waals surface area contributed by atoms with Crippen molar-refractivity contribution in [1.82, 2.24) is 14.8 Å². The van der Waals surface area contributed by atoms with E-state index >= 15 is 0 Å². The molecule has 0 saturated heterocycles. The molecule has 0 saturated carbocycles. The van der Waals surface area contributed by atoms with Crippen molar-refractivity contribution in [2.45, 2.75) is 6.54 Å². The van der Waals surface area contributed by atoms with E-state index in [1.165, 1.54) is 0 Å². The number of benzene rings is 1. The molecule has 5 nitrogen and oxygen atoms in total. The van der Waals surface area contributed by atoms with Crippen LogP contribution in [-0.4, -0.2) is 26.9 Å². The van der Waals surface area contributed by atoms with Crippen molar-refractivity contribution in [3.05, 3.63) is 40.4 Å². The van der Waals surface area contributed by atoms with E-state index in [-0.39, 0.29) is 4.99 Å². The Morgan fingerprint density at radius 3 is 2.89 bits per heavy atom. The van der Waals surface area contributed by atoms with Crippen LogP contribution in [0.4, 0.5) is 0 Å². The molecule has 0 aliphatic carbocycles. The van der Waals surface area contributed by atoms with Crippen molar-refractivity contribution in [3.63, 3.8) is 0 Å². The maximum atomic E-state index is 5.45. The molecule has 0 amide bonds. The molecule has 2 rings (SSSR count). The second-order valence-corrected chi connectivity index (χ2v) is 4.89. The van der Waals surface area contributed by atoms with Gasteiger partial charge in [0.05, 0.1) is 18.1 Å². The Bertz CT molecular complexity index is 584. The highest BCUT2D eigenvalue weighted by atomic mass is 79.9. The first-order valence-corrected chi connectivity index (χ1v) is 6.32. The quantitative estimate of drug-likeness (QED) is 0.867. The minimum absolute atomic E-state index is 0.199. The number of nitrogens with zero attached hydrogens (tertiary/aromatic N) is 3. The van der Waals surface area contributed by atoms with E-state index in [0.717, 1.165) is 15.8 Å². The molecule has 2 N–H and O–H groups in total. The second-order valence-electron chi connectivity index (χ2n) is 3.60. The van der Waals surface area contributed by atoms with Crippen LogP contribution in [0.1, 0.15) is 11.4 Å². The lowest BCUT2D eigenvalue weighted by atomic mass is 10.2. The molecular weight excluding hydrogens is 316 g/mol. The molecule has 1 aromatic heterocycles. The second kappa shape index (κ2) is 5.45. The zero-order chi connectivity index (χ0) is 13.1. The molecule has 0 aliphatic heterocycles. The maximum absolute atomic E-state index is 5.45. The standard InChI is InChI=1S/C11H11BrN4OS/c1-17-9-3-2-7(4-8(9)12)5-16-6-14-11(15-16)10(13)18/h2-4,6H,5H2,1H3,(H2,13,18). The van der Waals surface area contributed by atoms with Gasteiger partial charge >= 0.3 is 0 Å². The van der Waals surface area contributed by atoms with Crippen molar-refractivity contribution < 1.29 is 4.74 Å². The number of nitrogens with two attached hydrogens (primary N) is 1. The summed E-state index contributed by atoms with van der Waals surface area (Å²) in [6.45, 7) is 0.595. The summed E-state index contributed by atoms with van der Waals surface area (Å²) in [7, 11) is 1.63. The normalized spacial score (nSPS) is 10.3. The molecule has 94 valence electrons. The average Bonchev–Trinajstić information content (AvgIpc) is 2.78. The topological polar surface area (TPSA) is 66.0 Å². The highest BCUT2D eigenvalue weighted by molar-refractivity contribution is 9.10. The van der Waals surface area contributed by atoms with Crippen LogP contribution >= 0.6 is 28.1 Å². The third-order valence-corrected chi connectivity index (χ3v) is 3.12. The fourth-order valence-corrected chi connectivity index (χ4v) is 2.16. The molecule has 0 aliphatic rings. The van der Waals surface area contributed by atoms with Crippen LogP contribution in [0.5, 0.6) is 5.75 Å². The molecule has 0 fully saturated rings. The first-order chi connectivity index (χ1) is 8.60. The van der Waals surface area contributed by atoms with Crippen molar-refractivity contribution in [2.75, 3.05) is 7.11 Å². The third kappa shape index (κ3) is 2.85. The van der Waals surface area contributed by atoms with Gasteiger partial charge in [0.15, 0.2) is 0 Å². The first kappa shape index (κ1) is 13.0. The lowest BCUT2D eigenvalue weighted by Crippen LogP contribution is -2.12. The number of ether oxygens (including phenoxy) is 1. The SMILES string of the molecule is COc1ccc(Cn2cnc(C(N)=S)n2)cc1Br. The van der Waals surface area contributed by atoms with E-state index in [9.17, 15) is 0 Å². The van der Waals surface area contributed by atoms with Crippen molar-refractivity contribution >= 4 is 33.1 Å². The van der Waals surface area contributed by atoms with E-state index in [2.05, 4.69) is 26.0 Å². The minimum Gasteiger partial charge on any atom is -0.496 e. The van der Waals surface area contributed by atoms with Gasteiger partial charge in [0, 0.05) is 0 Å². The number of hydrogen-bond donors (Lipinski definition) is 1. The van der Waals surface area contributed by atoms with Gasteiger partial charge in [0.2, 0.25) is 5.82 Å². The number of halogens is 1. The van der Waals surface area contributed by atoms with E-state index in [1.807, 2.05) is 18.2 Å². The van der Waals surface area contributed by atoms with Crippen LogP contribution in [0.25, 0.3) is 0 Å². The minimum atomic E-state index is 0.199. The Kier molecular flexibility index (Phi) is 3.93. The summed E-state index contributed by atoms with van der Waals surface area (Å²) in [5.74, 6) is 1.18. The molecule has 18 heavy (non-hydrogen) atoms. The fourth-order valence-electron chi connectivity index (χ4n) is 1.48. The van der Waals surface area contributed by atoms with E-state index in [4.69, 9.17) is 22.7 Å². The lowest BCUT2D eigenvalue weighted by Gasteiger charge is -2.06. The zero-order valence-corrected chi connectivity index (χ0v) is 12.0. The van der Waals surface area contributed by atoms with Gasteiger partial charge in [0.1, 0.15) is 17.1 Å². The monoisotopic (exact) mass is 326 g/mol. The number of methoxy groups -OCH3 is 1. The van der Waals surface area contributed by atoms with Crippen molar-refractivity contribution in [1.29, 1.82) is 0 Å². The van der Waals surface area contributed by atoms with E-state index in [0.29, 0.717) is 12.4 Å². The summed E-state index contributed by atoms with van der Waals surface area (Å²) in [4.78, 5) is 4.22. The Balaban J connectivity index is 2.18. The summed E-state index contributed by atoms with van der Waals surface area (Å²) in [5.41, 5.74) is 6.52. The van der Waals surface area contributed by atoms with Gasteiger partial charge in [-0.25, -0.2) is 9.67 Å². The fraction of sp³-hybridized carbons (Fsp3) is 0.182. The van der Waals surface area contributed by atoms with Crippen LogP contribution in [0.15, 0.2) is 29.0 Å². The van der Waals surface area contributed by atoms with Crippen LogP contribution in [0.2, 0.25) is 0 Å². The van der Waals surface area contributed by atoms with Crippen LogP contribution < -0.4 is 10.5 Å². The number of aromatic nitrogens is 3. The van der Waals surface area contributed by atoms with Gasteiger partial charge in [-0.2, -0.15) is 0 Å². The van der Waals surface area contributed by atoms with Crippen LogP contribution in [0, 0.1) is 0 Å². The van der Waals surface area contributed by atoms with Crippen LogP contribution in [0.3, 0.4) is 0 Å². The van der Waals surface area contributed by atoms with Crippen molar-refractivity contribution in [2.24, 2.45) is 5.73 Å². The zero-order valence-electron chi connectivity index (χ0n) is 9.63. The number of thiocarbonyl (C=S) groups is 1. The summed E-state index contributed by atoms with van der Waals surface area (Å²) in [6.07, 6.45) is 1.60. The lowest BCUT2D eigenvalue weighted by molar-refractivity contribution is 0.412. The molecular formula is C11H11BrN4OS. The Morgan fingerprint density at radius 2 is 2.33 bits per heavy atom. The summed E-state index contributed by atoms with van der Waals surface area (Å²) in [6, 6.07) is 5.83. The van der Waals surface area contributed by atoms with Gasteiger partial charge < -0.3 is 10.5 Å². The van der Waals surface area contributed by atoms with E-state index in [1.54, 1.807) is 18.1 Å². The molecule has 0 unspecified atom stereocenters.